The maximum atomic E-state index is 5.31. The molecule has 2 N–H and O–H groups in total. The zero-order valence-electron chi connectivity index (χ0n) is 13.5. The fourth-order valence-electron chi connectivity index (χ4n) is 2.55. The predicted octanol–water partition coefficient (Wildman–Crippen LogP) is 1.45. The zero-order valence-corrected chi connectivity index (χ0v) is 13.5. The van der Waals surface area contributed by atoms with Crippen molar-refractivity contribution < 1.29 is 4.74 Å². The van der Waals surface area contributed by atoms with Crippen LogP contribution in [0.25, 0.3) is 0 Å². The molecule has 118 valence electrons. The number of nitrogens with one attached hydrogen (secondary N) is 2. The number of likely N-dealkylation sites (tertiary alicyclic amines) is 1. The largest absolute Gasteiger partial charge is 0.382 e. The van der Waals surface area contributed by atoms with Crippen molar-refractivity contribution in [3.05, 3.63) is 0 Å². The summed E-state index contributed by atoms with van der Waals surface area (Å²) in [5, 5.41) is 6.70. The van der Waals surface area contributed by atoms with E-state index in [1.165, 1.54) is 25.8 Å². The molecule has 1 fully saturated rings. The molecule has 1 heterocycles. The molecule has 0 aliphatic carbocycles. The molecule has 0 aromatic carbocycles. The number of ether oxygens (including phenoxy) is 1. The maximum Gasteiger partial charge on any atom is 0.191 e. The van der Waals surface area contributed by atoms with E-state index in [1.807, 2.05) is 14.0 Å². The molecule has 5 heteroatoms. The maximum absolute atomic E-state index is 5.31. The second kappa shape index (κ2) is 10.9. The summed E-state index contributed by atoms with van der Waals surface area (Å²) >= 11 is 0. The number of hydrogen-bond acceptors (Lipinski definition) is 3. The molecule has 1 unspecified atom stereocenters. The van der Waals surface area contributed by atoms with Crippen molar-refractivity contribution in [2.75, 3.05) is 46.4 Å². The highest BCUT2D eigenvalue weighted by molar-refractivity contribution is 5.79. The predicted molar refractivity (Wildman–Crippen MR) is 85.4 cm³/mol. The summed E-state index contributed by atoms with van der Waals surface area (Å²) in [7, 11) is 1.82. The quantitative estimate of drug-likeness (QED) is 0.402. The Morgan fingerprint density at radius 1 is 1.30 bits per heavy atom. The van der Waals surface area contributed by atoms with Crippen molar-refractivity contribution in [3.63, 3.8) is 0 Å². The molecule has 0 radical (unpaired) electrons. The van der Waals surface area contributed by atoms with Gasteiger partial charge in [-0.25, -0.2) is 0 Å². The highest BCUT2D eigenvalue weighted by Crippen LogP contribution is 2.15. The lowest BCUT2D eigenvalue weighted by Crippen LogP contribution is -2.45. The first-order valence-corrected chi connectivity index (χ1v) is 8.04. The van der Waals surface area contributed by atoms with Crippen LogP contribution < -0.4 is 10.6 Å². The molecule has 0 spiro atoms. The van der Waals surface area contributed by atoms with E-state index in [0.717, 1.165) is 51.3 Å². The first-order valence-electron chi connectivity index (χ1n) is 8.04. The van der Waals surface area contributed by atoms with Crippen LogP contribution in [-0.4, -0.2) is 63.3 Å². The molecular weight excluding hydrogens is 252 g/mol. The van der Waals surface area contributed by atoms with Gasteiger partial charge >= 0.3 is 0 Å². The first kappa shape index (κ1) is 17.2. The summed E-state index contributed by atoms with van der Waals surface area (Å²) in [4.78, 5) is 6.81. The molecule has 20 heavy (non-hydrogen) atoms. The number of piperidine rings is 1. The standard InChI is InChI=1S/C15H32N4O/c1-4-20-13-7-9-17-15(16-3)18-10-12-19-11-6-5-8-14(19)2/h14H,4-13H2,1-3H3,(H2,16,17,18). The fourth-order valence-corrected chi connectivity index (χ4v) is 2.55. The molecule has 0 aromatic rings. The third-order valence-corrected chi connectivity index (χ3v) is 3.82. The third-order valence-electron chi connectivity index (χ3n) is 3.82. The van der Waals surface area contributed by atoms with Crippen LogP contribution in [0, 0.1) is 0 Å². The van der Waals surface area contributed by atoms with E-state index in [9.17, 15) is 0 Å². The molecule has 0 amide bonds. The van der Waals surface area contributed by atoms with Gasteiger partial charge in [-0.15, -0.1) is 0 Å². The van der Waals surface area contributed by atoms with E-state index in [0.29, 0.717) is 0 Å². The summed E-state index contributed by atoms with van der Waals surface area (Å²) in [6.07, 6.45) is 5.07. The van der Waals surface area contributed by atoms with Gasteiger partial charge in [0.2, 0.25) is 0 Å². The lowest BCUT2D eigenvalue weighted by molar-refractivity contribution is 0.145. The minimum atomic E-state index is 0.728. The van der Waals surface area contributed by atoms with Crippen LogP contribution >= 0.6 is 0 Å². The van der Waals surface area contributed by atoms with Gasteiger partial charge in [0.25, 0.3) is 0 Å². The molecule has 0 aromatic heterocycles. The van der Waals surface area contributed by atoms with Crippen molar-refractivity contribution >= 4 is 5.96 Å². The van der Waals surface area contributed by atoms with E-state index in [4.69, 9.17) is 4.74 Å². The Labute approximate surface area is 124 Å². The molecular formula is C15H32N4O. The normalized spacial score (nSPS) is 20.9. The summed E-state index contributed by atoms with van der Waals surface area (Å²) < 4.78 is 5.31. The fraction of sp³-hybridized carbons (Fsp3) is 0.933. The number of hydrogen-bond donors (Lipinski definition) is 2. The summed E-state index contributed by atoms with van der Waals surface area (Å²) in [6.45, 7) is 10.2. The number of aliphatic imine (C=N–C) groups is 1. The van der Waals surface area contributed by atoms with Crippen molar-refractivity contribution in [2.45, 2.75) is 45.6 Å². The van der Waals surface area contributed by atoms with E-state index in [1.54, 1.807) is 0 Å². The van der Waals surface area contributed by atoms with Crippen molar-refractivity contribution in [1.82, 2.24) is 15.5 Å². The van der Waals surface area contributed by atoms with Gasteiger partial charge in [-0.1, -0.05) is 6.42 Å². The molecule has 1 atom stereocenters. The molecule has 1 aliphatic heterocycles. The van der Waals surface area contributed by atoms with Gasteiger partial charge in [-0.2, -0.15) is 0 Å². The SMILES string of the molecule is CCOCCCNC(=NC)NCCN1CCCCC1C. The highest BCUT2D eigenvalue weighted by Gasteiger charge is 2.17. The molecule has 1 rings (SSSR count). The zero-order chi connectivity index (χ0) is 14.6. The van der Waals surface area contributed by atoms with Gasteiger partial charge in [0, 0.05) is 45.9 Å². The topological polar surface area (TPSA) is 48.9 Å². The van der Waals surface area contributed by atoms with Crippen LogP contribution in [0.15, 0.2) is 4.99 Å². The van der Waals surface area contributed by atoms with Gasteiger partial charge in [-0.3, -0.25) is 9.89 Å². The second-order valence-corrected chi connectivity index (χ2v) is 5.36. The van der Waals surface area contributed by atoms with Crippen LogP contribution in [0.1, 0.15) is 39.5 Å². The Bertz CT molecular complexity index is 271. The number of nitrogens with zero attached hydrogens (tertiary/aromatic N) is 2. The molecule has 1 saturated heterocycles. The highest BCUT2D eigenvalue weighted by atomic mass is 16.5. The Morgan fingerprint density at radius 2 is 2.10 bits per heavy atom. The second-order valence-electron chi connectivity index (χ2n) is 5.36. The third kappa shape index (κ3) is 7.10. The van der Waals surface area contributed by atoms with Gasteiger partial charge in [0.15, 0.2) is 5.96 Å². The lowest BCUT2D eigenvalue weighted by Gasteiger charge is -2.33. The molecule has 0 saturated carbocycles. The summed E-state index contributed by atoms with van der Waals surface area (Å²) in [5.74, 6) is 0.895. The summed E-state index contributed by atoms with van der Waals surface area (Å²) in [5.41, 5.74) is 0. The van der Waals surface area contributed by atoms with Crippen LogP contribution in [-0.2, 0) is 4.74 Å². The first-order chi connectivity index (χ1) is 9.77. The minimum Gasteiger partial charge on any atom is -0.382 e. The van der Waals surface area contributed by atoms with Crippen molar-refractivity contribution in [1.29, 1.82) is 0 Å². The Hall–Kier alpha value is -0.810. The van der Waals surface area contributed by atoms with Crippen molar-refractivity contribution in [3.8, 4) is 0 Å². The number of guanidine groups is 1. The van der Waals surface area contributed by atoms with E-state index in [2.05, 4.69) is 27.4 Å². The van der Waals surface area contributed by atoms with Crippen LogP contribution in [0.2, 0.25) is 0 Å². The van der Waals surface area contributed by atoms with Crippen LogP contribution in [0.3, 0.4) is 0 Å². The smallest absolute Gasteiger partial charge is 0.191 e. The van der Waals surface area contributed by atoms with Gasteiger partial charge in [0.1, 0.15) is 0 Å². The van der Waals surface area contributed by atoms with Crippen LogP contribution in [0.5, 0.6) is 0 Å². The van der Waals surface area contributed by atoms with E-state index >= 15 is 0 Å². The molecule has 5 nitrogen and oxygen atoms in total. The minimum absolute atomic E-state index is 0.728. The van der Waals surface area contributed by atoms with E-state index < -0.39 is 0 Å². The molecule has 1 aliphatic rings. The molecule has 0 bridgehead atoms. The Kier molecular flexibility index (Phi) is 9.41. The monoisotopic (exact) mass is 284 g/mol. The summed E-state index contributed by atoms with van der Waals surface area (Å²) in [6, 6.07) is 0.728. The lowest BCUT2D eigenvalue weighted by atomic mass is 10.0. The Morgan fingerprint density at radius 3 is 2.80 bits per heavy atom. The van der Waals surface area contributed by atoms with Gasteiger partial charge < -0.3 is 15.4 Å². The van der Waals surface area contributed by atoms with Gasteiger partial charge in [-0.05, 0) is 39.7 Å². The van der Waals surface area contributed by atoms with Crippen molar-refractivity contribution in [2.24, 2.45) is 4.99 Å². The average molecular weight is 284 g/mol. The Balaban J connectivity index is 2.08. The number of rotatable bonds is 8. The van der Waals surface area contributed by atoms with E-state index in [-0.39, 0.29) is 0 Å². The van der Waals surface area contributed by atoms with Gasteiger partial charge in [0.05, 0.1) is 0 Å². The van der Waals surface area contributed by atoms with Crippen LogP contribution in [0.4, 0.5) is 0 Å². The average Bonchev–Trinajstić information content (AvgIpc) is 2.47.